The third-order valence-electron chi connectivity index (χ3n) is 6.06. The monoisotopic (exact) mass is 486 g/mol. The van der Waals surface area contributed by atoms with Crippen LogP contribution in [0.15, 0.2) is 42.5 Å². The molecule has 10 heteroatoms. The number of carbonyl (C=O) groups is 3. The Hall–Kier alpha value is -3.30. The van der Waals surface area contributed by atoms with Crippen LogP contribution in [-0.4, -0.2) is 61.7 Å². The van der Waals surface area contributed by atoms with Gasteiger partial charge in [0.05, 0.1) is 24.1 Å². The maximum Gasteiger partial charge on any atom is 0.323 e. The molecule has 0 unspecified atom stereocenters. The van der Waals surface area contributed by atoms with Gasteiger partial charge in [-0.1, -0.05) is 11.6 Å². The number of benzene rings is 2. The number of hydrogen-bond donors (Lipinski definition) is 3. The van der Waals surface area contributed by atoms with E-state index in [0.29, 0.717) is 40.6 Å². The van der Waals surface area contributed by atoms with E-state index in [1.54, 1.807) is 61.5 Å². The van der Waals surface area contributed by atoms with Crippen LogP contribution in [0, 0.1) is 0 Å². The number of nitrogens with one attached hydrogen (secondary N) is 3. The molecule has 0 saturated carbocycles. The Balaban J connectivity index is 1.46. The van der Waals surface area contributed by atoms with Gasteiger partial charge in [0.15, 0.2) is 0 Å². The van der Waals surface area contributed by atoms with E-state index < -0.39 is 6.03 Å². The molecule has 0 radical (unpaired) electrons. The second kappa shape index (κ2) is 10.3. The fourth-order valence-electron chi connectivity index (χ4n) is 4.24. The minimum absolute atomic E-state index is 0.0786. The summed E-state index contributed by atoms with van der Waals surface area (Å²) in [5.41, 5.74) is 1.40. The molecule has 3 N–H and O–H groups in total. The molecular weight excluding hydrogens is 460 g/mol. The predicted molar refractivity (Wildman–Crippen MR) is 128 cm³/mol. The molecule has 9 nitrogen and oxygen atoms in total. The lowest BCUT2D eigenvalue weighted by Crippen LogP contribution is -2.53. The quantitative estimate of drug-likeness (QED) is 0.613. The first-order chi connectivity index (χ1) is 16.3. The maximum atomic E-state index is 13.3. The van der Waals surface area contributed by atoms with Crippen molar-refractivity contribution < 1.29 is 23.9 Å². The number of nitrogens with zero attached hydrogens (tertiary/aromatic N) is 1. The molecule has 3 atom stereocenters. The Morgan fingerprint density at radius 3 is 2.53 bits per heavy atom. The van der Waals surface area contributed by atoms with E-state index in [4.69, 9.17) is 21.1 Å². The summed E-state index contributed by atoms with van der Waals surface area (Å²) in [7, 11) is 3.34. The van der Waals surface area contributed by atoms with Gasteiger partial charge in [0.1, 0.15) is 18.5 Å². The molecular formula is C24H27ClN4O5. The molecule has 2 aromatic rings. The van der Waals surface area contributed by atoms with Crippen molar-refractivity contribution in [2.45, 2.75) is 37.5 Å². The van der Waals surface area contributed by atoms with Crippen molar-refractivity contribution in [2.75, 3.05) is 31.3 Å². The Labute approximate surface area is 202 Å². The van der Waals surface area contributed by atoms with E-state index in [1.807, 2.05) is 0 Å². The molecule has 4 amide bonds. The van der Waals surface area contributed by atoms with E-state index in [0.717, 1.165) is 0 Å². The van der Waals surface area contributed by atoms with Crippen molar-refractivity contribution in [3.05, 3.63) is 53.1 Å². The van der Waals surface area contributed by atoms with Crippen LogP contribution in [0.25, 0.3) is 0 Å². The van der Waals surface area contributed by atoms with Crippen molar-refractivity contribution in [1.29, 1.82) is 0 Å². The van der Waals surface area contributed by atoms with Crippen LogP contribution < -0.4 is 20.7 Å². The van der Waals surface area contributed by atoms with Gasteiger partial charge < -0.3 is 30.3 Å². The molecule has 0 spiro atoms. The number of anilines is 2. The van der Waals surface area contributed by atoms with E-state index >= 15 is 0 Å². The van der Waals surface area contributed by atoms with Crippen molar-refractivity contribution in [3.63, 3.8) is 0 Å². The van der Waals surface area contributed by atoms with Crippen LogP contribution in [0.1, 0.15) is 29.6 Å². The SMILES string of the molecule is CNC(=O)C[C@@H]1CC[C@H]2[C@@H](COc3ccc(NC(=O)Nc4ccc(Cl)cc4)cc3C(=O)N2C)O1. The zero-order valence-electron chi connectivity index (χ0n) is 19.0. The lowest BCUT2D eigenvalue weighted by molar-refractivity contribution is -0.133. The fraction of sp³-hybridized carbons (Fsp3) is 0.375. The molecule has 1 fully saturated rings. The summed E-state index contributed by atoms with van der Waals surface area (Å²) >= 11 is 5.87. The summed E-state index contributed by atoms with van der Waals surface area (Å²) < 4.78 is 12.1. The molecule has 4 rings (SSSR count). The maximum absolute atomic E-state index is 13.3. The average molecular weight is 487 g/mol. The second-order valence-electron chi connectivity index (χ2n) is 8.34. The fourth-order valence-corrected chi connectivity index (χ4v) is 4.37. The van der Waals surface area contributed by atoms with Crippen molar-refractivity contribution in [1.82, 2.24) is 10.2 Å². The molecule has 2 aliphatic heterocycles. The molecule has 0 bridgehead atoms. The van der Waals surface area contributed by atoms with Crippen molar-refractivity contribution >= 4 is 40.8 Å². The molecule has 0 aliphatic carbocycles. The lowest BCUT2D eigenvalue weighted by Gasteiger charge is -2.42. The third-order valence-corrected chi connectivity index (χ3v) is 6.32. The van der Waals surface area contributed by atoms with Crippen LogP contribution in [0.3, 0.4) is 0 Å². The second-order valence-corrected chi connectivity index (χ2v) is 8.78. The Bertz CT molecular complexity index is 1080. The van der Waals surface area contributed by atoms with Gasteiger partial charge in [0.2, 0.25) is 5.91 Å². The molecule has 0 aromatic heterocycles. The van der Waals surface area contributed by atoms with Gasteiger partial charge in [-0.25, -0.2) is 4.79 Å². The van der Waals surface area contributed by atoms with Gasteiger partial charge in [-0.2, -0.15) is 0 Å². The molecule has 34 heavy (non-hydrogen) atoms. The number of halogens is 1. The summed E-state index contributed by atoms with van der Waals surface area (Å²) in [5, 5.41) is 8.65. The van der Waals surface area contributed by atoms with E-state index in [1.165, 1.54) is 0 Å². The van der Waals surface area contributed by atoms with Crippen LogP contribution in [0.4, 0.5) is 16.2 Å². The molecule has 2 heterocycles. The van der Waals surface area contributed by atoms with Gasteiger partial charge in [0.25, 0.3) is 5.91 Å². The number of amides is 4. The molecule has 180 valence electrons. The van der Waals surface area contributed by atoms with Crippen LogP contribution in [0.5, 0.6) is 5.75 Å². The first-order valence-electron chi connectivity index (χ1n) is 11.1. The summed E-state index contributed by atoms with van der Waals surface area (Å²) in [5.74, 6) is 0.112. The van der Waals surface area contributed by atoms with Crippen LogP contribution >= 0.6 is 11.6 Å². The molecule has 2 aromatic carbocycles. The highest BCUT2D eigenvalue weighted by Gasteiger charge is 2.39. The molecule has 2 aliphatic rings. The number of carbonyl (C=O) groups excluding carboxylic acids is 3. The van der Waals surface area contributed by atoms with Gasteiger partial charge in [-0.3, -0.25) is 9.59 Å². The number of likely N-dealkylation sites (N-methyl/N-ethyl adjacent to an activating group) is 1. The van der Waals surface area contributed by atoms with E-state index in [9.17, 15) is 14.4 Å². The topological polar surface area (TPSA) is 109 Å². The summed E-state index contributed by atoms with van der Waals surface area (Å²) in [6.45, 7) is 0.253. The Kier molecular flexibility index (Phi) is 7.23. The highest BCUT2D eigenvalue weighted by atomic mass is 35.5. The first-order valence-corrected chi connectivity index (χ1v) is 11.5. The first kappa shape index (κ1) is 23.8. The number of fused-ring (bicyclic) bond motifs is 2. The van der Waals surface area contributed by atoms with Gasteiger partial charge in [-0.15, -0.1) is 0 Å². The van der Waals surface area contributed by atoms with E-state index in [-0.39, 0.29) is 43.1 Å². The summed E-state index contributed by atoms with van der Waals surface area (Å²) in [4.78, 5) is 39.1. The highest BCUT2D eigenvalue weighted by molar-refractivity contribution is 6.30. The zero-order chi connectivity index (χ0) is 24.2. The van der Waals surface area contributed by atoms with Crippen molar-refractivity contribution in [3.8, 4) is 5.75 Å². The van der Waals surface area contributed by atoms with Gasteiger partial charge in [-0.05, 0) is 55.3 Å². The minimum Gasteiger partial charge on any atom is -0.490 e. The van der Waals surface area contributed by atoms with E-state index in [2.05, 4.69) is 16.0 Å². The van der Waals surface area contributed by atoms with Gasteiger partial charge in [0, 0.05) is 30.5 Å². The summed E-state index contributed by atoms with van der Waals surface area (Å²) in [6.07, 6.45) is 1.10. The van der Waals surface area contributed by atoms with Crippen molar-refractivity contribution in [2.24, 2.45) is 0 Å². The smallest absolute Gasteiger partial charge is 0.323 e. The number of urea groups is 1. The third kappa shape index (κ3) is 5.43. The van der Waals surface area contributed by atoms with Crippen LogP contribution in [0.2, 0.25) is 5.02 Å². The summed E-state index contributed by atoms with van der Waals surface area (Å²) in [6, 6.07) is 11.0. The predicted octanol–water partition coefficient (Wildman–Crippen LogP) is 3.50. The average Bonchev–Trinajstić information content (AvgIpc) is 2.83. The number of rotatable bonds is 4. The normalized spacial score (nSPS) is 21.8. The number of ether oxygens (including phenoxy) is 2. The molecule has 1 saturated heterocycles. The minimum atomic E-state index is -0.447. The zero-order valence-corrected chi connectivity index (χ0v) is 19.7. The Morgan fingerprint density at radius 2 is 1.79 bits per heavy atom. The number of hydrogen-bond acceptors (Lipinski definition) is 5. The van der Waals surface area contributed by atoms with Crippen LogP contribution in [-0.2, 0) is 9.53 Å². The largest absolute Gasteiger partial charge is 0.490 e. The standard InChI is InChI=1S/C24H27ClN4O5/c1-26-22(30)12-17-8-9-19-21(34-17)13-33-20-10-7-16(11-18(20)23(31)29(19)2)28-24(32)27-15-5-3-14(25)4-6-15/h3-7,10-11,17,19,21H,8-9,12-13H2,1-2H3,(H,26,30)(H2,27,28,32)/t17-,19-,21+/m0/s1. The Morgan fingerprint density at radius 1 is 1.09 bits per heavy atom. The lowest BCUT2D eigenvalue weighted by atomic mass is 9.94. The van der Waals surface area contributed by atoms with Gasteiger partial charge >= 0.3 is 6.03 Å². The highest BCUT2D eigenvalue weighted by Crippen LogP contribution is 2.32.